The molecule has 186 valence electrons. The molecule has 34 heavy (non-hydrogen) atoms. The van der Waals surface area contributed by atoms with Crippen molar-refractivity contribution < 1.29 is 31.1 Å². The van der Waals surface area contributed by atoms with E-state index >= 15 is 0 Å². The van der Waals surface area contributed by atoms with Crippen LogP contribution in [-0.4, -0.2) is 72.3 Å². The molecule has 1 fully saturated rings. The zero-order valence-corrected chi connectivity index (χ0v) is 20.9. The Morgan fingerprint density at radius 1 is 1.06 bits per heavy atom. The van der Waals surface area contributed by atoms with Crippen LogP contribution in [-0.2, 0) is 29.6 Å². The number of sulfonamides is 2. The minimum atomic E-state index is -3.78. The molecule has 0 bridgehead atoms. The number of hydrogen-bond acceptors (Lipinski definition) is 7. The summed E-state index contributed by atoms with van der Waals surface area (Å²) in [6.45, 7) is 5.04. The van der Waals surface area contributed by atoms with E-state index in [0.717, 1.165) is 10.6 Å². The van der Waals surface area contributed by atoms with E-state index in [1.807, 2.05) is 6.92 Å². The Labute approximate surface area is 200 Å². The summed E-state index contributed by atoms with van der Waals surface area (Å²) >= 11 is 0. The van der Waals surface area contributed by atoms with Crippen molar-refractivity contribution in [3.8, 4) is 5.75 Å². The summed E-state index contributed by atoms with van der Waals surface area (Å²) in [5.41, 5.74) is 0.665. The first-order chi connectivity index (χ1) is 16.0. The minimum Gasteiger partial charge on any atom is -0.494 e. The highest BCUT2D eigenvalue weighted by molar-refractivity contribution is 7.92. The molecule has 1 aliphatic rings. The van der Waals surface area contributed by atoms with E-state index in [-0.39, 0.29) is 18.0 Å². The maximum Gasteiger partial charge on any atom is 0.247 e. The summed E-state index contributed by atoms with van der Waals surface area (Å²) in [5.74, 6) is 0.0204. The van der Waals surface area contributed by atoms with Gasteiger partial charge in [0.2, 0.25) is 26.0 Å². The Bertz CT molecular complexity index is 1190. The molecule has 1 heterocycles. The van der Waals surface area contributed by atoms with Gasteiger partial charge in [-0.15, -0.1) is 0 Å². The van der Waals surface area contributed by atoms with Gasteiger partial charge in [-0.1, -0.05) is 0 Å². The van der Waals surface area contributed by atoms with Crippen molar-refractivity contribution in [3.05, 3.63) is 48.5 Å². The summed E-state index contributed by atoms with van der Waals surface area (Å²) in [6, 6.07) is 11.1. The number of anilines is 2. The summed E-state index contributed by atoms with van der Waals surface area (Å²) in [6.07, 6.45) is 1.03. The average Bonchev–Trinajstić information content (AvgIpc) is 2.80. The van der Waals surface area contributed by atoms with E-state index in [1.54, 1.807) is 24.3 Å². The molecule has 12 heteroatoms. The third kappa shape index (κ3) is 6.06. The highest BCUT2D eigenvalue weighted by Crippen LogP contribution is 2.25. The molecule has 3 rings (SSSR count). The Hall–Kier alpha value is -2.67. The summed E-state index contributed by atoms with van der Waals surface area (Å²) < 4.78 is 63.4. The standard InChI is InChI=1S/C22H29N3O7S2/c1-4-32-20-9-7-19(8-10-20)25(33(3,27)28)17(2)22(26)23-18-5-11-21(12-6-18)34(29,30)24-13-15-31-16-14-24/h5-12,17H,4,13-16H2,1-3H3,(H,23,26)/t17-/m0/s1. The van der Waals surface area contributed by atoms with Crippen molar-refractivity contribution in [1.29, 1.82) is 0 Å². The van der Waals surface area contributed by atoms with Gasteiger partial charge in [-0.05, 0) is 62.4 Å². The lowest BCUT2D eigenvalue weighted by Crippen LogP contribution is -2.45. The number of carbonyl (C=O) groups is 1. The molecule has 1 atom stereocenters. The molecule has 0 radical (unpaired) electrons. The van der Waals surface area contributed by atoms with Gasteiger partial charge in [-0.2, -0.15) is 4.31 Å². The van der Waals surface area contributed by atoms with E-state index in [9.17, 15) is 21.6 Å². The number of nitrogens with zero attached hydrogens (tertiary/aromatic N) is 2. The second kappa shape index (κ2) is 10.7. The molecule has 2 aromatic carbocycles. The van der Waals surface area contributed by atoms with Gasteiger partial charge in [0.15, 0.2) is 0 Å². The lowest BCUT2D eigenvalue weighted by Gasteiger charge is -2.28. The van der Waals surface area contributed by atoms with Crippen LogP contribution in [0.3, 0.4) is 0 Å². The second-order valence-corrected chi connectivity index (χ2v) is 11.5. The van der Waals surface area contributed by atoms with E-state index in [4.69, 9.17) is 9.47 Å². The predicted octanol–water partition coefficient (Wildman–Crippen LogP) is 1.90. The molecule has 1 amide bonds. The molecule has 1 N–H and O–H groups in total. The fourth-order valence-corrected chi connectivity index (χ4v) is 6.14. The van der Waals surface area contributed by atoms with E-state index in [0.29, 0.717) is 36.9 Å². The molecule has 0 spiro atoms. The van der Waals surface area contributed by atoms with Gasteiger partial charge in [0.1, 0.15) is 11.8 Å². The molecular weight excluding hydrogens is 482 g/mol. The molecule has 0 unspecified atom stereocenters. The zero-order chi connectivity index (χ0) is 24.9. The van der Waals surface area contributed by atoms with Gasteiger partial charge in [0.25, 0.3) is 0 Å². The van der Waals surface area contributed by atoms with Gasteiger partial charge >= 0.3 is 0 Å². The third-order valence-electron chi connectivity index (χ3n) is 5.22. The Balaban J connectivity index is 1.75. The predicted molar refractivity (Wildman–Crippen MR) is 129 cm³/mol. The number of carbonyl (C=O) groups excluding carboxylic acids is 1. The number of hydrogen-bond donors (Lipinski definition) is 1. The average molecular weight is 512 g/mol. The van der Waals surface area contributed by atoms with Crippen molar-refractivity contribution in [2.75, 3.05) is 48.8 Å². The number of rotatable bonds is 9. The normalized spacial score (nSPS) is 16.0. The minimum absolute atomic E-state index is 0.104. The quantitative estimate of drug-likeness (QED) is 0.546. The van der Waals surface area contributed by atoms with E-state index in [2.05, 4.69) is 5.32 Å². The third-order valence-corrected chi connectivity index (χ3v) is 8.37. The van der Waals surface area contributed by atoms with E-state index in [1.165, 1.54) is 35.5 Å². The molecule has 0 aliphatic carbocycles. The van der Waals surface area contributed by atoms with Crippen molar-refractivity contribution in [1.82, 2.24) is 4.31 Å². The molecule has 10 nitrogen and oxygen atoms in total. The van der Waals surface area contributed by atoms with Crippen LogP contribution in [0, 0.1) is 0 Å². The van der Waals surface area contributed by atoms with Crippen LogP contribution in [0.4, 0.5) is 11.4 Å². The van der Waals surface area contributed by atoms with Gasteiger partial charge in [-0.25, -0.2) is 16.8 Å². The number of benzene rings is 2. The highest BCUT2D eigenvalue weighted by Gasteiger charge is 2.30. The van der Waals surface area contributed by atoms with Crippen molar-refractivity contribution in [3.63, 3.8) is 0 Å². The number of amides is 1. The smallest absolute Gasteiger partial charge is 0.247 e. The lowest BCUT2D eigenvalue weighted by molar-refractivity contribution is -0.116. The van der Waals surface area contributed by atoms with E-state index < -0.39 is 32.0 Å². The molecule has 1 saturated heterocycles. The van der Waals surface area contributed by atoms with Gasteiger partial charge in [0, 0.05) is 18.8 Å². The van der Waals surface area contributed by atoms with Crippen LogP contribution in [0.25, 0.3) is 0 Å². The molecule has 0 aromatic heterocycles. The Morgan fingerprint density at radius 3 is 2.18 bits per heavy atom. The first kappa shape index (κ1) is 25.9. The second-order valence-electron chi connectivity index (χ2n) is 7.69. The van der Waals surface area contributed by atoms with Crippen LogP contribution in [0.5, 0.6) is 5.75 Å². The first-order valence-corrected chi connectivity index (χ1v) is 14.0. The van der Waals surface area contributed by atoms with Crippen molar-refractivity contribution >= 4 is 37.3 Å². The summed E-state index contributed by atoms with van der Waals surface area (Å²) in [5, 5.41) is 2.66. The SMILES string of the molecule is CCOc1ccc(N([C@@H](C)C(=O)Nc2ccc(S(=O)(=O)N3CCOCC3)cc2)S(C)(=O)=O)cc1. The maximum atomic E-state index is 12.9. The van der Waals surface area contributed by atoms with Crippen molar-refractivity contribution in [2.24, 2.45) is 0 Å². The molecular formula is C22H29N3O7S2. The topological polar surface area (TPSA) is 122 Å². The number of morpholine rings is 1. The number of nitrogens with one attached hydrogen (secondary N) is 1. The van der Waals surface area contributed by atoms with Gasteiger partial charge in [0.05, 0.1) is 36.7 Å². The molecule has 0 saturated carbocycles. The monoisotopic (exact) mass is 511 g/mol. The first-order valence-electron chi connectivity index (χ1n) is 10.7. The lowest BCUT2D eigenvalue weighted by atomic mass is 10.2. The number of ether oxygens (including phenoxy) is 2. The summed E-state index contributed by atoms with van der Waals surface area (Å²) in [4.78, 5) is 13.0. The van der Waals surface area contributed by atoms with Crippen LogP contribution < -0.4 is 14.4 Å². The zero-order valence-electron chi connectivity index (χ0n) is 19.3. The fourth-order valence-electron chi connectivity index (χ4n) is 3.56. The van der Waals surface area contributed by atoms with Gasteiger partial charge in [-0.3, -0.25) is 9.10 Å². The van der Waals surface area contributed by atoms with Crippen molar-refractivity contribution in [2.45, 2.75) is 24.8 Å². The van der Waals surface area contributed by atoms with Gasteiger partial charge < -0.3 is 14.8 Å². The summed E-state index contributed by atoms with van der Waals surface area (Å²) in [7, 11) is -7.44. The molecule has 2 aromatic rings. The fraction of sp³-hybridized carbons (Fsp3) is 0.409. The van der Waals surface area contributed by atoms with Crippen LogP contribution in [0.15, 0.2) is 53.4 Å². The van der Waals surface area contributed by atoms with Crippen LogP contribution in [0.2, 0.25) is 0 Å². The Kier molecular flexibility index (Phi) is 8.18. The largest absolute Gasteiger partial charge is 0.494 e. The Morgan fingerprint density at radius 2 is 1.65 bits per heavy atom. The van der Waals surface area contributed by atoms with Crippen LogP contribution >= 0.6 is 0 Å². The molecule has 1 aliphatic heterocycles. The highest BCUT2D eigenvalue weighted by atomic mass is 32.2. The van der Waals surface area contributed by atoms with Crippen LogP contribution in [0.1, 0.15) is 13.8 Å². The maximum absolute atomic E-state index is 12.9.